The first-order chi connectivity index (χ1) is 4.83. The van der Waals surface area contributed by atoms with Crippen molar-refractivity contribution in [3.63, 3.8) is 0 Å². The van der Waals surface area contributed by atoms with Gasteiger partial charge < -0.3 is 4.43 Å². The van der Waals surface area contributed by atoms with E-state index in [0.717, 1.165) is 12.8 Å². The van der Waals surface area contributed by atoms with Crippen LogP contribution in [0.5, 0.6) is 0 Å². The van der Waals surface area contributed by atoms with Crippen LogP contribution in [0, 0.1) is 0 Å². The lowest BCUT2D eigenvalue weighted by atomic mass is 10.4. The summed E-state index contributed by atoms with van der Waals surface area (Å²) in [5.74, 6) is -0.0586. The summed E-state index contributed by atoms with van der Waals surface area (Å²) in [7, 11) is -1.67. The van der Waals surface area contributed by atoms with Crippen LogP contribution in [0.3, 0.4) is 0 Å². The highest BCUT2D eigenvalue weighted by molar-refractivity contribution is 9.10. The molecule has 1 rings (SSSR count). The van der Waals surface area contributed by atoms with Crippen LogP contribution >= 0.6 is 15.9 Å². The molecule has 0 aromatic rings. The predicted octanol–water partition coefficient (Wildman–Crippen LogP) is 2.29. The van der Waals surface area contributed by atoms with Crippen LogP contribution in [0.25, 0.3) is 0 Å². The zero-order valence-corrected chi connectivity index (χ0v) is 9.69. The van der Waals surface area contributed by atoms with Crippen molar-refractivity contribution in [3.05, 3.63) is 0 Å². The maximum atomic E-state index is 11.3. The van der Waals surface area contributed by atoms with Crippen LogP contribution in [0.2, 0.25) is 19.6 Å². The van der Waals surface area contributed by atoms with E-state index in [1.165, 1.54) is 0 Å². The number of hydrogen-bond donors (Lipinski definition) is 0. The molecule has 11 heavy (non-hydrogen) atoms. The zero-order valence-electron chi connectivity index (χ0n) is 7.11. The first kappa shape index (κ1) is 9.26. The Balaban J connectivity index is 2.45. The second kappa shape index (κ2) is 2.59. The van der Waals surface area contributed by atoms with Gasteiger partial charge in [-0.3, -0.25) is 4.79 Å². The van der Waals surface area contributed by atoms with Gasteiger partial charge in [0.2, 0.25) is 8.32 Å². The lowest BCUT2D eigenvalue weighted by Crippen LogP contribution is -2.33. The van der Waals surface area contributed by atoms with E-state index in [2.05, 4.69) is 15.9 Å². The summed E-state index contributed by atoms with van der Waals surface area (Å²) in [6.45, 7) is 6.05. The van der Waals surface area contributed by atoms with Crippen molar-refractivity contribution >= 4 is 30.2 Å². The van der Waals surface area contributed by atoms with Crippen molar-refractivity contribution in [3.8, 4) is 0 Å². The summed E-state index contributed by atoms with van der Waals surface area (Å²) in [5.41, 5.74) is 0. The molecule has 4 heteroatoms. The van der Waals surface area contributed by atoms with Crippen molar-refractivity contribution in [2.24, 2.45) is 0 Å². The molecule has 0 radical (unpaired) electrons. The van der Waals surface area contributed by atoms with E-state index in [4.69, 9.17) is 4.43 Å². The second-order valence-electron chi connectivity index (χ2n) is 3.97. The van der Waals surface area contributed by atoms with E-state index in [0.29, 0.717) is 0 Å². The molecule has 0 bridgehead atoms. The van der Waals surface area contributed by atoms with Gasteiger partial charge in [0.05, 0.1) is 0 Å². The van der Waals surface area contributed by atoms with Crippen LogP contribution in [0.1, 0.15) is 12.8 Å². The first-order valence-corrected chi connectivity index (χ1v) is 7.96. The summed E-state index contributed by atoms with van der Waals surface area (Å²) < 4.78 is 5.02. The van der Waals surface area contributed by atoms with E-state index >= 15 is 0 Å². The monoisotopic (exact) mass is 236 g/mol. The van der Waals surface area contributed by atoms with E-state index in [1.54, 1.807) is 0 Å². The minimum absolute atomic E-state index is 0.0586. The molecule has 0 saturated heterocycles. The Bertz CT molecular complexity index is 181. The smallest absolute Gasteiger partial charge is 0.309 e. The molecule has 0 N–H and O–H groups in total. The normalized spacial score (nSPS) is 21.1. The molecule has 1 aliphatic rings. The lowest BCUT2D eigenvalue weighted by Gasteiger charge is -2.19. The van der Waals surface area contributed by atoms with Gasteiger partial charge in [0.15, 0.2) is 0 Å². The van der Waals surface area contributed by atoms with Gasteiger partial charge in [0, 0.05) is 0 Å². The van der Waals surface area contributed by atoms with Crippen LogP contribution in [0.15, 0.2) is 0 Å². The van der Waals surface area contributed by atoms with Gasteiger partial charge in [-0.1, -0.05) is 15.9 Å². The summed E-state index contributed by atoms with van der Waals surface area (Å²) in [4.78, 5) is 11.3. The molecule has 0 heterocycles. The Morgan fingerprint density at radius 1 is 1.45 bits per heavy atom. The zero-order chi connectivity index (χ0) is 8.70. The van der Waals surface area contributed by atoms with Crippen molar-refractivity contribution < 1.29 is 9.22 Å². The molecule has 0 spiro atoms. The lowest BCUT2D eigenvalue weighted by molar-refractivity contribution is -0.135. The predicted molar refractivity (Wildman–Crippen MR) is 50.3 cm³/mol. The average Bonchev–Trinajstić information content (AvgIpc) is 2.44. The molecule has 2 nitrogen and oxygen atoms in total. The highest BCUT2D eigenvalue weighted by Crippen LogP contribution is 2.45. The summed E-state index contributed by atoms with van der Waals surface area (Å²) in [6.07, 6.45) is 1.85. The molecule has 1 aliphatic carbocycles. The van der Waals surface area contributed by atoms with Gasteiger partial charge in [-0.15, -0.1) is 0 Å². The maximum absolute atomic E-state index is 11.3. The number of carbonyl (C=O) groups is 1. The average molecular weight is 237 g/mol. The van der Waals surface area contributed by atoms with Gasteiger partial charge >= 0.3 is 5.97 Å². The Morgan fingerprint density at radius 3 is 2.18 bits per heavy atom. The molecule has 64 valence electrons. The third-order valence-corrected chi connectivity index (χ3v) is 3.37. The highest BCUT2D eigenvalue weighted by Gasteiger charge is 2.49. The van der Waals surface area contributed by atoms with Crippen LogP contribution in [-0.4, -0.2) is 18.6 Å². The number of rotatable bonds is 2. The Hall–Kier alpha value is 0.167. The van der Waals surface area contributed by atoms with E-state index < -0.39 is 8.32 Å². The van der Waals surface area contributed by atoms with Crippen molar-refractivity contribution in [2.75, 3.05) is 0 Å². The van der Waals surface area contributed by atoms with Crippen molar-refractivity contribution in [1.29, 1.82) is 0 Å². The fraction of sp³-hybridized carbons (Fsp3) is 0.857. The van der Waals surface area contributed by atoms with Gasteiger partial charge in [-0.25, -0.2) is 0 Å². The van der Waals surface area contributed by atoms with Crippen molar-refractivity contribution in [1.82, 2.24) is 0 Å². The molecule has 0 amide bonds. The number of hydrogen-bond acceptors (Lipinski definition) is 2. The van der Waals surface area contributed by atoms with Gasteiger partial charge in [0.25, 0.3) is 0 Å². The number of alkyl halides is 1. The van der Waals surface area contributed by atoms with Crippen LogP contribution in [0.4, 0.5) is 0 Å². The summed E-state index contributed by atoms with van der Waals surface area (Å²) in [5, 5.41) is 0. The number of halogens is 1. The molecular weight excluding hydrogens is 224 g/mol. The van der Waals surface area contributed by atoms with Crippen molar-refractivity contribution in [2.45, 2.75) is 36.8 Å². The van der Waals surface area contributed by atoms with Gasteiger partial charge in [-0.2, -0.15) is 0 Å². The van der Waals surface area contributed by atoms with Crippen LogP contribution in [-0.2, 0) is 9.22 Å². The van der Waals surface area contributed by atoms with E-state index in [9.17, 15) is 4.79 Å². The fourth-order valence-corrected chi connectivity index (χ4v) is 1.86. The van der Waals surface area contributed by atoms with Gasteiger partial charge in [0.1, 0.15) is 4.32 Å². The fourth-order valence-electron chi connectivity index (χ4n) is 0.683. The molecule has 0 unspecified atom stereocenters. The Kier molecular flexibility index (Phi) is 2.18. The maximum Gasteiger partial charge on any atom is 0.309 e. The minimum Gasteiger partial charge on any atom is -0.519 e. The second-order valence-corrected chi connectivity index (χ2v) is 9.91. The Labute approximate surface area is 76.6 Å². The SMILES string of the molecule is C[Si](C)(C)OC(=O)C1(Br)CC1. The highest BCUT2D eigenvalue weighted by atomic mass is 79.9. The van der Waals surface area contributed by atoms with E-state index in [1.807, 2.05) is 19.6 Å². The minimum atomic E-state index is -1.67. The third-order valence-electron chi connectivity index (χ3n) is 1.45. The standard InChI is InChI=1S/C7H13BrO2Si/c1-11(2,3)10-6(9)7(8)4-5-7/h4-5H2,1-3H3. The molecular formula is C7H13BrO2Si. The molecule has 0 aromatic heterocycles. The quantitative estimate of drug-likeness (QED) is 0.544. The summed E-state index contributed by atoms with van der Waals surface area (Å²) in [6, 6.07) is 0. The topological polar surface area (TPSA) is 26.3 Å². The number of carbonyl (C=O) groups excluding carboxylic acids is 1. The molecule has 0 atom stereocenters. The van der Waals surface area contributed by atoms with Crippen LogP contribution < -0.4 is 0 Å². The summed E-state index contributed by atoms with van der Waals surface area (Å²) >= 11 is 3.36. The third kappa shape index (κ3) is 2.59. The van der Waals surface area contributed by atoms with Gasteiger partial charge in [-0.05, 0) is 32.5 Å². The Morgan fingerprint density at radius 2 is 1.91 bits per heavy atom. The molecule has 0 aromatic carbocycles. The molecule has 0 aliphatic heterocycles. The largest absolute Gasteiger partial charge is 0.519 e. The molecule has 1 fully saturated rings. The van der Waals surface area contributed by atoms with E-state index in [-0.39, 0.29) is 10.3 Å². The first-order valence-electron chi connectivity index (χ1n) is 3.76. The molecule has 1 saturated carbocycles.